The van der Waals surface area contributed by atoms with E-state index in [-0.39, 0.29) is 18.0 Å². The first-order valence-electron chi connectivity index (χ1n) is 7.49. The summed E-state index contributed by atoms with van der Waals surface area (Å²) in [6.07, 6.45) is 0.954. The molecule has 1 amide bonds. The van der Waals surface area contributed by atoms with Crippen LogP contribution in [0, 0.1) is 13.8 Å². The van der Waals surface area contributed by atoms with Crippen molar-refractivity contribution in [3.8, 4) is 0 Å². The van der Waals surface area contributed by atoms with Crippen LogP contribution >= 0.6 is 0 Å². The molecule has 0 spiro atoms. The zero-order valence-electron chi connectivity index (χ0n) is 13.6. The maximum atomic E-state index is 11.9. The van der Waals surface area contributed by atoms with Crippen LogP contribution in [0.3, 0.4) is 0 Å². The molecule has 0 saturated carbocycles. The zero-order valence-corrected chi connectivity index (χ0v) is 13.6. The minimum Gasteiger partial charge on any atom is -0.355 e. The number of nitrogens with zero attached hydrogens (tertiary/aromatic N) is 2. The Hall–Kier alpha value is -1.36. The number of hydrogen-bond acceptors (Lipinski definition) is 3. The van der Waals surface area contributed by atoms with Gasteiger partial charge in [-0.3, -0.25) is 14.8 Å². The van der Waals surface area contributed by atoms with E-state index in [2.05, 4.69) is 36.5 Å². The van der Waals surface area contributed by atoms with Gasteiger partial charge in [-0.1, -0.05) is 6.92 Å². The Morgan fingerprint density at radius 3 is 2.45 bits per heavy atom. The number of aryl methyl sites for hydroxylation is 2. The molecule has 2 unspecified atom stereocenters. The van der Waals surface area contributed by atoms with Crippen molar-refractivity contribution in [1.82, 2.24) is 20.4 Å². The number of carbonyl (C=O) groups is 1. The van der Waals surface area contributed by atoms with Gasteiger partial charge < -0.3 is 5.32 Å². The minimum atomic E-state index is -0.208. The quantitative estimate of drug-likeness (QED) is 0.804. The molecule has 0 aliphatic heterocycles. The average Bonchev–Trinajstić information content (AvgIpc) is 2.70. The molecule has 0 radical (unpaired) electrons. The van der Waals surface area contributed by atoms with E-state index in [1.807, 2.05) is 25.5 Å². The van der Waals surface area contributed by atoms with Crippen LogP contribution in [0.1, 0.15) is 57.1 Å². The van der Waals surface area contributed by atoms with Gasteiger partial charge in [0, 0.05) is 30.4 Å². The molecule has 1 rings (SSSR count). The molecule has 20 heavy (non-hydrogen) atoms. The number of carbonyl (C=O) groups excluding carboxylic acids is 1. The zero-order chi connectivity index (χ0) is 15.3. The van der Waals surface area contributed by atoms with Crippen LogP contribution in [0.15, 0.2) is 0 Å². The molecule has 0 saturated heterocycles. The lowest BCUT2D eigenvalue weighted by atomic mass is 10.1. The van der Waals surface area contributed by atoms with Crippen LogP contribution in [-0.2, 0) is 11.3 Å². The number of nitrogens with one attached hydrogen (secondary N) is 2. The summed E-state index contributed by atoms with van der Waals surface area (Å²) < 4.78 is 2.00. The third-order valence-corrected chi connectivity index (χ3v) is 3.61. The number of hydrogen-bond donors (Lipinski definition) is 2. The first kappa shape index (κ1) is 16.7. The molecule has 5 nitrogen and oxygen atoms in total. The molecule has 114 valence electrons. The number of rotatable bonds is 7. The van der Waals surface area contributed by atoms with Crippen LogP contribution in [0.2, 0.25) is 0 Å². The van der Waals surface area contributed by atoms with Crippen LogP contribution in [0.4, 0.5) is 0 Å². The summed E-state index contributed by atoms with van der Waals surface area (Å²) >= 11 is 0. The summed E-state index contributed by atoms with van der Waals surface area (Å²) in [5.41, 5.74) is 3.40. The molecule has 2 atom stereocenters. The monoisotopic (exact) mass is 280 g/mol. The lowest BCUT2D eigenvalue weighted by Gasteiger charge is -2.20. The second kappa shape index (κ2) is 7.43. The molecule has 0 bridgehead atoms. The Balaban J connectivity index is 2.73. The van der Waals surface area contributed by atoms with Gasteiger partial charge in [-0.15, -0.1) is 0 Å². The standard InChI is InChI=1S/C15H28N4O/c1-7-9-16-15(20)12(5)17-10(3)14-11(4)18-19(8-2)13(14)6/h10,12,17H,7-9H2,1-6H3,(H,16,20). The predicted octanol–water partition coefficient (Wildman–Crippen LogP) is 2.09. The Kier molecular flexibility index (Phi) is 6.20. The molecular formula is C15H28N4O. The average molecular weight is 280 g/mol. The first-order valence-corrected chi connectivity index (χ1v) is 7.49. The van der Waals surface area contributed by atoms with Crippen molar-refractivity contribution in [3.63, 3.8) is 0 Å². The fourth-order valence-corrected chi connectivity index (χ4v) is 2.58. The van der Waals surface area contributed by atoms with Crippen molar-refractivity contribution in [2.75, 3.05) is 6.54 Å². The SMILES string of the molecule is CCCNC(=O)C(C)NC(C)c1c(C)nn(CC)c1C. The van der Waals surface area contributed by atoms with Crippen molar-refractivity contribution in [1.29, 1.82) is 0 Å². The molecule has 1 aromatic rings. The van der Waals surface area contributed by atoms with Crippen LogP contribution in [-0.4, -0.2) is 28.3 Å². The van der Waals surface area contributed by atoms with Crippen molar-refractivity contribution >= 4 is 5.91 Å². The second-order valence-corrected chi connectivity index (χ2v) is 5.30. The maximum absolute atomic E-state index is 11.9. The lowest BCUT2D eigenvalue weighted by molar-refractivity contribution is -0.122. The van der Waals surface area contributed by atoms with E-state index < -0.39 is 0 Å². The molecule has 5 heteroatoms. The Morgan fingerprint density at radius 1 is 1.30 bits per heavy atom. The van der Waals surface area contributed by atoms with Gasteiger partial charge in [-0.2, -0.15) is 5.10 Å². The predicted molar refractivity (Wildman–Crippen MR) is 81.7 cm³/mol. The summed E-state index contributed by atoms with van der Waals surface area (Å²) in [7, 11) is 0. The molecule has 2 N–H and O–H groups in total. The molecule has 1 heterocycles. The van der Waals surface area contributed by atoms with Crippen LogP contribution < -0.4 is 10.6 Å². The highest BCUT2D eigenvalue weighted by Crippen LogP contribution is 2.21. The second-order valence-electron chi connectivity index (χ2n) is 5.30. The molecule has 0 aromatic carbocycles. The Labute approximate surface area is 122 Å². The van der Waals surface area contributed by atoms with Crippen LogP contribution in [0.5, 0.6) is 0 Å². The summed E-state index contributed by atoms with van der Waals surface area (Å²) in [4.78, 5) is 11.9. The first-order chi connectivity index (χ1) is 9.42. The number of amides is 1. The van der Waals surface area contributed by atoms with E-state index in [4.69, 9.17) is 0 Å². The molecule has 0 aliphatic rings. The van der Waals surface area contributed by atoms with Gasteiger partial charge in [-0.05, 0) is 41.0 Å². The third-order valence-electron chi connectivity index (χ3n) is 3.61. The van der Waals surface area contributed by atoms with E-state index in [0.717, 1.165) is 25.2 Å². The lowest BCUT2D eigenvalue weighted by Crippen LogP contribution is -2.43. The van der Waals surface area contributed by atoms with Crippen molar-refractivity contribution < 1.29 is 4.79 Å². The van der Waals surface area contributed by atoms with Gasteiger partial charge in [0.25, 0.3) is 0 Å². The van der Waals surface area contributed by atoms with Gasteiger partial charge in [-0.25, -0.2) is 0 Å². The largest absolute Gasteiger partial charge is 0.355 e. The van der Waals surface area contributed by atoms with Crippen molar-refractivity contribution in [3.05, 3.63) is 17.0 Å². The van der Waals surface area contributed by atoms with Gasteiger partial charge >= 0.3 is 0 Å². The van der Waals surface area contributed by atoms with E-state index >= 15 is 0 Å². The fourth-order valence-electron chi connectivity index (χ4n) is 2.58. The smallest absolute Gasteiger partial charge is 0.236 e. The van der Waals surface area contributed by atoms with E-state index in [1.165, 1.54) is 11.3 Å². The Morgan fingerprint density at radius 2 is 1.95 bits per heavy atom. The van der Waals surface area contributed by atoms with Crippen molar-refractivity contribution in [2.24, 2.45) is 0 Å². The van der Waals surface area contributed by atoms with Crippen molar-refractivity contribution in [2.45, 2.75) is 66.6 Å². The Bertz CT molecular complexity index is 453. The molecule has 1 aromatic heterocycles. The summed E-state index contributed by atoms with van der Waals surface area (Å²) in [5.74, 6) is 0.0527. The highest BCUT2D eigenvalue weighted by atomic mass is 16.2. The minimum absolute atomic E-state index is 0.0527. The van der Waals surface area contributed by atoms with Gasteiger partial charge in [0.2, 0.25) is 5.91 Å². The van der Waals surface area contributed by atoms with E-state index in [9.17, 15) is 4.79 Å². The van der Waals surface area contributed by atoms with E-state index in [0.29, 0.717) is 0 Å². The normalized spacial score (nSPS) is 14.1. The summed E-state index contributed by atoms with van der Waals surface area (Å²) in [6.45, 7) is 13.8. The fraction of sp³-hybridized carbons (Fsp3) is 0.733. The maximum Gasteiger partial charge on any atom is 0.236 e. The highest BCUT2D eigenvalue weighted by Gasteiger charge is 2.21. The molecule has 0 aliphatic carbocycles. The summed E-state index contributed by atoms with van der Waals surface area (Å²) in [5, 5.41) is 10.8. The van der Waals surface area contributed by atoms with Gasteiger partial charge in [0.05, 0.1) is 11.7 Å². The van der Waals surface area contributed by atoms with Gasteiger partial charge in [0.15, 0.2) is 0 Å². The molecular weight excluding hydrogens is 252 g/mol. The van der Waals surface area contributed by atoms with Crippen LogP contribution in [0.25, 0.3) is 0 Å². The summed E-state index contributed by atoms with van der Waals surface area (Å²) in [6, 6.07) is -0.0991. The third kappa shape index (κ3) is 3.82. The highest BCUT2D eigenvalue weighted by molar-refractivity contribution is 5.81. The topological polar surface area (TPSA) is 59.0 Å². The number of aromatic nitrogens is 2. The van der Waals surface area contributed by atoms with Gasteiger partial charge in [0.1, 0.15) is 0 Å². The van der Waals surface area contributed by atoms with E-state index in [1.54, 1.807) is 0 Å². The molecule has 0 fully saturated rings.